The minimum absolute atomic E-state index is 0.0336. The summed E-state index contributed by atoms with van der Waals surface area (Å²) in [5, 5.41) is 6.91. The van der Waals surface area contributed by atoms with Crippen LogP contribution in [0.3, 0.4) is 0 Å². The van der Waals surface area contributed by atoms with E-state index in [4.69, 9.17) is 9.47 Å². The van der Waals surface area contributed by atoms with Crippen LogP contribution in [0.1, 0.15) is 29.2 Å². The van der Waals surface area contributed by atoms with Gasteiger partial charge in [-0.25, -0.2) is 4.98 Å². The summed E-state index contributed by atoms with van der Waals surface area (Å²) in [7, 11) is 3.58. The lowest BCUT2D eigenvalue weighted by molar-refractivity contribution is 0.0981. The van der Waals surface area contributed by atoms with E-state index in [0.29, 0.717) is 5.88 Å². The average molecular weight is 327 g/mol. The number of hydrogen-bond donors (Lipinski definition) is 2. The Morgan fingerprint density at radius 2 is 2.17 bits per heavy atom. The van der Waals surface area contributed by atoms with Crippen molar-refractivity contribution < 1.29 is 9.47 Å². The Morgan fingerprint density at radius 3 is 2.88 bits per heavy atom. The van der Waals surface area contributed by atoms with Gasteiger partial charge in [0.2, 0.25) is 5.88 Å². The summed E-state index contributed by atoms with van der Waals surface area (Å²) < 4.78 is 11.1. The molecule has 0 bridgehead atoms. The summed E-state index contributed by atoms with van der Waals surface area (Å²) in [6.07, 6.45) is 2.87. The topological polar surface area (TPSA) is 55.4 Å². The van der Waals surface area contributed by atoms with Crippen LogP contribution in [0.5, 0.6) is 5.88 Å². The van der Waals surface area contributed by atoms with Crippen molar-refractivity contribution in [2.75, 3.05) is 26.1 Å². The summed E-state index contributed by atoms with van der Waals surface area (Å²) >= 11 is 0. The molecule has 0 amide bonds. The number of nitrogens with zero attached hydrogens (tertiary/aromatic N) is 1. The molecular formula is C19H25N3O2. The van der Waals surface area contributed by atoms with E-state index in [1.165, 1.54) is 11.1 Å². The van der Waals surface area contributed by atoms with E-state index in [9.17, 15) is 0 Å². The van der Waals surface area contributed by atoms with Gasteiger partial charge >= 0.3 is 0 Å². The van der Waals surface area contributed by atoms with Gasteiger partial charge in [-0.15, -0.1) is 0 Å². The van der Waals surface area contributed by atoms with Crippen LogP contribution in [0, 0.1) is 6.92 Å². The summed E-state index contributed by atoms with van der Waals surface area (Å²) in [6, 6.07) is 10.7. The van der Waals surface area contributed by atoms with Gasteiger partial charge in [0.05, 0.1) is 13.2 Å². The number of anilines is 1. The Hall–Kier alpha value is -2.11. The highest BCUT2D eigenvalue weighted by molar-refractivity contribution is 5.52. The molecule has 1 fully saturated rings. The number of nitrogens with one attached hydrogen (secondary N) is 2. The number of benzene rings is 1. The summed E-state index contributed by atoms with van der Waals surface area (Å²) in [4.78, 5) is 4.29. The first-order chi connectivity index (χ1) is 11.7. The molecule has 24 heavy (non-hydrogen) atoms. The van der Waals surface area contributed by atoms with Crippen LogP contribution in [-0.2, 0) is 11.3 Å². The third kappa shape index (κ3) is 3.68. The van der Waals surface area contributed by atoms with Crippen molar-refractivity contribution >= 4 is 5.69 Å². The van der Waals surface area contributed by atoms with Gasteiger partial charge in [-0.3, -0.25) is 0 Å². The van der Waals surface area contributed by atoms with Crippen molar-refractivity contribution in [3.8, 4) is 5.88 Å². The Labute approximate surface area is 143 Å². The molecule has 2 heterocycles. The number of ether oxygens (including phenoxy) is 2. The molecular weight excluding hydrogens is 302 g/mol. The fourth-order valence-corrected chi connectivity index (χ4v) is 3.16. The van der Waals surface area contributed by atoms with E-state index >= 15 is 0 Å². The van der Waals surface area contributed by atoms with Gasteiger partial charge in [0.25, 0.3) is 0 Å². The number of pyridine rings is 1. The number of aryl methyl sites for hydroxylation is 1. The molecule has 1 aliphatic heterocycles. The zero-order valence-corrected chi connectivity index (χ0v) is 14.5. The molecule has 5 heteroatoms. The maximum absolute atomic E-state index is 5.93. The van der Waals surface area contributed by atoms with Gasteiger partial charge in [0, 0.05) is 49.8 Å². The third-order valence-electron chi connectivity index (χ3n) is 4.47. The van der Waals surface area contributed by atoms with E-state index in [2.05, 4.69) is 40.7 Å². The van der Waals surface area contributed by atoms with Crippen LogP contribution in [0.4, 0.5) is 5.69 Å². The quantitative estimate of drug-likeness (QED) is 0.854. The van der Waals surface area contributed by atoms with Crippen LogP contribution in [0.15, 0.2) is 36.5 Å². The third-order valence-corrected chi connectivity index (χ3v) is 4.47. The van der Waals surface area contributed by atoms with Crippen LogP contribution in [0.2, 0.25) is 0 Å². The smallest absolute Gasteiger partial charge is 0.212 e. The maximum Gasteiger partial charge on any atom is 0.212 e. The fourth-order valence-electron chi connectivity index (χ4n) is 3.16. The van der Waals surface area contributed by atoms with Gasteiger partial charge in [-0.1, -0.05) is 17.7 Å². The molecule has 1 saturated heterocycles. The monoisotopic (exact) mass is 327 g/mol. The Bertz CT molecular complexity index is 673. The second-order valence-corrected chi connectivity index (χ2v) is 6.11. The van der Waals surface area contributed by atoms with E-state index in [1.54, 1.807) is 7.11 Å². The molecule has 0 saturated carbocycles. The lowest BCUT2D eigenvalue weighted by Crippen LogP contribution is -2.31. The fraction of sp³-hybridized carbons (Fsp3) is 0.421. The van der Waals surface area contributed by atoms with Crippen molar-refractivity contribution in [3.05, 3.63) is 53.2 Å². The molecule has 2 N–H and O–H groups in total. The van der Waals surface area contributed by atoms with E-state index < -0.39 is 0 Å². The Balaban J connectivity index is 1.69. The van der Waals surface area contributed by atoms with Crippen LogP contribution in [0.25, 0.3) is 0 Å². The predicted molar refractivity (Wildman–Crippen MR) is 95.5 cm³/mol. The zero-order chi connectivity index (χ0) is 16.9. The molecule has 128 valence electrons. The first kappa shape index (κ1) is 16.7. The SMILES string of the molecule is CNc1ccc(C)cc1CN[C@@H]1CCO[C@H]1c1ccc(OC)nc1. The van der Waals surface area contributed by atoms with Gasteiger partial charge in [0.1, 0.15) is 0 Å². The molecule has 2 atom stereocenters. The summed E-state index contributed by atoms with van der Waals surface area (Å²) in [5.74, 6) is 0.625. The van der Waals surface area contributed by atoms with E-state index in [-0.39, 0.29) is 12.1 Å². The van der Waals surface area contributed by atoms with Crippen molar-refractivity contribution in [2.24, 2.45) is 0 Å². The van der Waals surface area contributed by atoms with Gasteiger partial charge in [-0.05, 0) is 31.0 Å². The maximum atomic E-state index is 5.93. The predicted octanol–water partition coefficient (Wildman–Crippen LogP) is 3.06. The summed E-state index contributed by atoms with van der Waals surface area (Å²) in [5.41, 5.74) is 4.79. The minimum Gasteiger partial charge on any atom is -0.481 e. The molecule has 0 spiro atoms. The van der Waals surface area contributed by atoms with Crippen molar-refractivity contribution in [3.63, 3.8) is 0 Å². The van der Waals surface area contributed by atoms with Crippen LogP contribution < -0.4 is 15.4 Å². The molecule has 1 aliphatic rings. The highest BCUT2D eigenvalue weighted by Crippen LogP contribution is 2.30. The zero-order valence-electron chi connectivity index (χ0n) is 14.5. The second-order valence-electron chi connectivity index (χ2n) is 6.11. The highest BCUT2D eigenvalue weighted by Gasteiger charge is 2.29. The largest absolute Gasteiger partial charge is 0.481 e. The van der Waals surface area contributed by atoms with Crippen molar-refractivity contribution in [2.45, 2.75) is 32.0 Å². The highest BCUT2D eigenvalue weighted by atomic mass is 16.5. The van der Waals surface area contributed by atoms with E-state index in [0.717, 1.165) is 30.8 Å². The first-order valence-electron chi connectivity index (χ1n) is 8.33. The number of aromatic nitrogens is 1. The Morgan fingerprint density at radius 1 is 1.29 bits per heavy atom. The van der Waals surface area contributed by atoms with Crippen LogP contribution >= 0.6 is 0 Å². The van der Waals surface area contributed by atoms with Gasteiger partial charge < -0.3 is 20.1 Å². The first-order valence-corrected chi connectivity index (χ1v) is 8.33. The molecule has 0 radical (unpaired) electrons. The molecule has 3 rings (SSSR count). The molecule has 0 aliphatic carbocycles. The number of rotatable bonds is 6. The lowest BCUT2D eigenvalue weighted by atomic mass is 10.0. The van der Waals surface area contributed by atoms with Crippen molar-refractivity contribution in [1.29, 1.82) is 0 Å². The lowest BCUT2D eigenvalue weighted by Gasteiger charge is -2.21. The minimum atomic E-state index is 0.0336. The molecule has 1 aromatic heterocycles. The van der Waals surface area contributed by atoms with Gasteiger partial charge in [0.15, 0.2) is 0 Å². The molecule has 2 aromatic rings. The molecule has 0 unspecified atom stereocenters. The van der Waals surface area contributed by atoms with Crippen LogP contribution in [-0.4, -0.2) is 31.8 Å². The second kappa shape index (κ2) is 7.64. The van der Waals surface area contributed by atoms with Gasteiger partial charge in [-0.2, -0.15) is 0 Å². The van der Waals surface area contributed by atoms with E-state index in [1.807, 2.05) is 25.4 Å². The normalized spacial score (nSPS) is 20.1. The molecule has 1 aromatic carbocycles. The Kier molecular flexibility index (Phi) is 5.33. The number of methoxy groups -OCH3 is 1. The average Bonchev–Trinajstić information content (AvgIpc) is 3.08. The standard InChI is InChI=1S/C19H25N3O2/c1-13-4-6-16(20-2)15(10-13)12-21-17-8-9-24-19(17)14-5-7-18(23-3)22-11-14/h4-7,10-11,17,19-21H,8-9,12H2,1-3H3/t17-,19+/m1/s1. The summed E-state index contributed by atoms with van der Waals surface area (Å²) in [6.45, 7) is 3.69. The van der Waals surface area contributed by atoms with Crippen molar-refractivity contribution in [1.82, 2.24) is 10.3 Å². The molecule has 5 nitrogen and oxygen atoms in total. The number of hydrogen-bond acceptors (Lipinski definition) is 5.